The second kappa shape index (κ2) is 7.89. The minimum atomic E-state index is -4.83. The van der Waals surface area contributed by atoms with Gasteiger partial charge in [0.2, 0.25) is 0 Å². The molecule has 16 heavy (non-hydrogen) atoms. The fourth-order valence-corrected chi connectivity index (χ4v) is 0.420. The highest BCUT2D eigenvalue weighted by atomic mass is 19.4. The van der Waals surface area contributed by atoms with Crippen molar-refractivity contribution in [3.63, 3.8) is 0 Å². The van der Waals surface area contributed by atoms with Gasteiger partial charge < -0.3 is 9.47 Å². The number of rotatable bonds is 2. The third kappa shape index (κ3) is 15.1. The summed E-state index contributed by atoms with van der Waals surface area (Å²) < 4.78 is 51.5. The Morgan fingerprint density at radius 2 is 1.75 bits per heavy atom. The van der Waals surface area contributed by atoms with E-state index in [0.717, 1.165) is 6.92 Å². The van der Waals surface area contributed by atoms with Crippen LogP contribution in [0.3, 0.4) is 0 Å². The van der Waals surface area contributed by atoms with E-state index in [-0.39, 0.29) is 6.61 Å². The molecular formula is C8H12F4O4. The summed E-state index contributed by atoms with van der Waals surface area (Å²) in [5.74, 6) is -2.13. The second-order valence-corrected chi connectivity index (χ2v) is 2.41. The standard InChI is InChI=1S/C5H9FO2.C3H3F3O2/c1-3-8-5(7)4(2)6;1-2(7)8-3(4,5)6/h4H,3H2,1-2H3;1H3. The number of carbonyl (C=O) groups is 2. The van der Waals surface area contributed by atoms with Gasteiger partial charge in [-0.1, -0.05) is 0 Å². The van der Waals surface area contributed by atoms with Crippen LogP contribution in [0.5, 0.6) is 0 Å². The Kier molecular flexibility index (Phi) is 8.41. The summed E-state index contributed by atoms with van der Waals surface area (Å²) >= 11 is 0. The van der Waals surface area contributed by atoms with E-state index in [4.69, 9.17) is 0 Å². The maximum Gasteiger partial charge on any atom is 0.575 e. The Hall–Kier alpha value is -1.34. The molecule has 0 aromatic heterocycles. The highest BCUT2D eigenvalue weighted by Crippen LogP contribution is 2.15. The molecule has 0 radical (unpaired) electrons. The minimum absolute atomic E-state index is 0.243. The van der Waals surface area contributed by atoms with Crippen LogP contribution in [0.15, 0.2) is 0 Å². The molecule has 0 amide bonds. The summed E-state index contributed by atoms with van der Waals surface area (Å²) in [6, 6.07) is 0. The lowest BCUT2D eigenvalue weighted by Gasteiger charge is -2.02. The van der Waals surface area contributed by atoms with Crippen LogP contribution in [0.1, 0.15) is 20.8 Å². The van der Waals surface area contributed by atoms with Crippen molar-refractivity contribution in [3.05, 3.63) is 0 Å². The zero-order chi connectivity index (χ0) is 13.4. The molecule has 8 heteroatoms. The normalized spacial score (nSPS) is 11.9. The first-order valence-corrected chi connectivity index (χ1v) is 4.17. The topological polar surface area (TPSA) is 52.6 Å². The van der Waals surface area contributed by atoms with Crippen LogP contribution in [0, 0.1) is 0 Å². The van der Waals surface area contributed by atoms with Crippen molar-refractivity contribution in [3.8, 4) is 0 Å². The van der Waals surface area contributed by atoms with Gasteiger partial charge in [-0.25, -0.2) is 9.18 Å². The molecule has 0 heterocycles. The van der Waals surface area contributed by atoms with Gasteiger partial charge in [0.25, 0.3) is 0 Å². The Morgan fingerprint density at radius 1 is 1.31 bits per heavy atom. The number of esters is 2. The maximum absolute atomic E-state index is 11.8. The van der Waals surface area contributed by atoms with Gasteiger partial charge in [0.15, 0.2) is 6.17 Å². The quantitative estimate of drug-likeness (QED) is 0.553. The van der Waals surface area contributed by atoms with Crippen LogP contribution in [-0.4, -0.2) is 31.1 Å². The van der Waals surface area contributed by atoms with Gasteiger partial charge in [0.1, 0.15) is 0 Å². The van der Waals surface area contributed by atoms with Gasteiger partial charge >= 0.3 is 18.3 Å². The molecule has 0 aliphatic heterocycles. The highest BCUT2D eigenvalue weighted by molar-refractivity contribution is 5.73. The molecule has 0 N–H and O–H groups in total. The van der Waals surface area contributed by atoms with E-state index in [1.165, 1.54) is 0 Å². The van der Waals surface area contributed by atoms with Crippen molar-refractivity contribution < 1.29 is 36.6 Å². The smallest absolute Gasteiger partial charge is 0.464 e. The Labute approximate surface area is 89.5 Å². The molecule has 0 aromatic rings. The number of carbonyl (C=O) groups excluding carboxylic acids is 2. The summed E-state index contributed by atoms with van der Waals surface area (Å²) in [5.41, 5.74) is 0. The number of hydrogen-bond donors (Lipinski definition) is 0. The molecule has 1 unspecified atom stereocenters. The number of hydrogen-bond acceptors (Lipinski definition) is 4. The molecular weight excluding hydrogens is 236 g/mol. The van der Waals surface area contributed by atoms with Gasteiger partial charge in [-0.15, -0.1) is 13.2 Å². The summed E-state index contributed by atoms with van der Waals surface area (Å²) in [4.78, 5) is 19.7. The van der Waals surface area contributed by atoms with Crippen molar-refractivity contribution in [1.29, 1.82) is 0 Å². The van der Waals surface area contributed by atoms with Gasteiger partial charge in [-0.3, -0.25) is 4.79 Å². The molecule has 0 aliphatic carbocycles. The Balaban J connectivity index is 0. The number of halogens is 4. The van der Waals surface area contributed by atoms with Crippen molar-refractivity contribution in [1.82, 2.24) is 0 Å². The van der Waals surface area contributed by atoms with Gasteiger partial charge in [0.05, 0.1) is 6.61 Å². The van der Waals surface area contributed by atoms with Crippen LogP contribution >= 0.6 is 0 Å². The molecule has 0 aliphatic rings. The zero-order valence-corrected chi connectivity index (χ0v) is 8.93. The molecule has 0 aromatic carbocycles. The van der Waals surface area contributed by atoms with Crippen LogP contribution in [0.2, 0.25) is 0 Å². The highest BCUT2D eigenvalue weighted by Gasteiger charge is 2.32. The van der Waals surface area contributed by atoms with Gasteiger partial charge in [-0.2, -0.15) is 0 Å². The average molecular weight is 248 g/mol. The number of ether oxygens (including phenoxy) is 2. The van der Waals surface area contributed by atoms with E-state index < -0.39 is 24.5 Å². The number of alkyl halides is 4. The van der Waals surface area contributed by atoms with Crippen LogP contribution in [-0.2, 0) is 19.1 Å². The van der Waals surface area contributed by atoms with Gasteiger partial charge in [0, 0.05) is 6.92 Å². The van der Waals surface area contributed by atoms with Crippen molar-refractivity contribution in [2.24, 2.45) is 0 Å². The van der Waals surface area contributed by atoms with Crippen LogP contribution in [0.25, 0.3) is 0 Å². The molecule has 0 spiro atoms. The molecule has 0 saturated carbocycles. The zero-order valence-electron chi connectivity index (χ0n) is 8.93. The summed E-state index contributed by atoms with van der Waals surface area (Å²) in [6.45, 7) is 3.72. The van der Waals surface area contributed by atoms with Gasteiger partial charge in [-0.05, 0) is 13.8 Å². The lowest BCUT2D eigenvalue weighted by molar-refractivity contribution is -0.304. The lowest BCUT2D eigenvalue weighted by Crippen LogP contribution is -2.16. The third-order valence-electron chi connectivity index (χ3n) is 0.871. The molecule has 4 nitrogen and oxygen atoms in total. The summed E-state index contributed by atoms with van der Waals surface area (Å²) in [7, 11) is 0. The SMILES string of the molecule is CC(=O)OC(F)(F)F.CCOC(=O)C(C)F. The largest absolute Gasteiger partial charge is 0.575 e. The van der Waals surface area contributed by atoms with Crippen LogP contribution in [0.4, 0.5) is 17.6 Å². The third-order valence-corrected chi connectivity index (χ3v) is 0.871. The fourth-order valence-electron chi connectivity index (χ4n) is 0.420. The minimum Gasteiger partial charge on any atom is -0.464 e. The molecule has 0 fully saturated rings. The average Bonchev–Trinajstić information content (AvgIpc) is 2.00. The fraction of sp³-hybridized carbons (Fsp3) is 0.750. The Morgan fingerprint density at radius 3 is 1.81 bits per heavy atom. The predicted molar refractivity (Wildman–Crippen MR) is 45.0 cm³/mol. The van der Waals surface area contributed by atoms with Crippen molar-refractivity contribution in [2.75, 3.05) is 6.61 Å². The van der Waals surface area contributed by atoms with Crippen molar-refractivity contribution in [2.45, 2.75) is 33.3 Å². The van der Waals surface area contributed by atoms with E-state index in [0.29, 0.717) is 6.92 Å². The van der Waals surface area contributed by atoms with E-state index in [1.54, 1.807) is 6.92 Å². The van der Waals surface area contributed by atoms with Crippen LogP contribution < -0.4 is 0 Å². The second-order valence-electron chi connectivity index (χ2n) is 2.41. The van der Waals surface area contributed by atoms with E-state index in [9.17, 15) is 27.2 Å². The molecule has 1 atom stereocenters. The van der Waals surface area contributed by atoms with E-state index in [1.807, 2.05) is 0 Å². The molecule has 0 saturated heterocycles. The monoisotopic (exact) mass is 248 g/mol. The summed E-state index contributed by atoms with van der Waals surface area (Å²) in [6.07, 6.45) is -6.32. The summed E-state index contributed by atoms with van der Waals surface area (Å²) in [5, 5.41) is 0. The maximum atomic E-state index is 11.8. The van der Waals surface area contributed by atoms with Crippen molar-refractivity contribution >= 4 is 11.9 Å². The first-order valence-electron chi connectivity index (χ1n) is 4.17. The van der Waals surface area contributed by atoms with E-state index in [2.05, 4.69) is 9.47 Å². The molecule has 0 bridgehead atoms. The lowest BCUT2D eigenvalue weighted by atomic mass is 10.5. The first kappa shape index (κ1) is 17.1. The molecule has 0 rings (SSSR count). The Bertz CT molecular complexity index is 225. The van der Waals surface area contributed by atoms with E-state index >= 15 is 0 Å². The predicted octanol–water partition coefficient (Wildman–Crippen LogP) is 1.98. The molecule has 96 valence electrons. The first-order chi connectivity index (χ1) is 7.10.